The van der Waals surface area contributed by atoms with Gasteiger partial charge in [-0.2, -0.15) is 0 Å². The minimum Gasteiger partial charge on any atom is -0.385 e. The van der Waals surface area contributed by atoms with Crippen LogP contribution in [0, 0.1) is 0 Å². The zero-order chi connectivity index (χ0) is 9.97. The Balaban J connectivity index is 2.59. The van der Waals surface area contributed by atoms with Gasteiger partial charge in [-0.3, -0.25) is 4.79 Å². The van der Waals surface area contributed by atoms with Crippen LogP contribution >= 0.6 is 0 Å². The summed E-state index contributed by atoms with van der Waals surface area (Å²) in [7, 11) is 0. The van der Waals surface area contributed by atoms with Crippen LogP contribution in [-0.4, -0.2) is 4.98 Å². The number of H-pyrrole nitrogens is 1. The Morgan fingerprint density at radius 2 is 1.86 bits per heavy atom. The Morgan fingerprint density at radius 3 is 2.50 bits per heavy atom. The van der Waals surface area contributed by atoms with E-state index in [1.807, 2.05) is 30.3 Å². The first-order valence-corrected chi connectivity index (χ1v) is 4.31. The molecule has 0 atom stereocenters. The molecule has 0 amide bonds. The van der Waals surface area contributed by atoms with E-state index in [-0.39, 0.29) is 5.43 Å². The lowest BCUT2D eigenvalue weighted by molar-refractivity contribution is 1.31. The second kappa shape index (κ2) is 3.38. The fraction of sp³-hybridized carbons (Fsp3) is 0. The molecule has 0 bridgehead atoms. The molecule has 1 aromatic heterocycles. The first-order chi connectivity index (χ1) is 6.77. The van der Waals surface area contributed by atoms with Gasteiger partial charge in [0.05, 0.1) is 0 Å². The lowest BCUT2D eigenvalue weighted by Crippen LogP contribution is -2.06. The molecule has 2 aromatic rings. The van der Waals surface area contributed by atoms with E-state index in [0.717, 1.165) is 5.56 Å². The maximum Gasteiger partial charge on any atom is 0.191 e. The topological polar surface area (TPSA) is 58.9 Å². The SMILES string of the molecule is Nc1cc(=O)c(-c2ccccc2)c[nH]1. The highest BCUT2D eigenvalue weighted by Crippen LogP contribution is 2.13. The third kappa shape index (κ3) is 1.52. The highest BCUT2D eigenvalue weighted by molar-refractivity contribution is 5.62. The van der Waals surface area contributed by atoms with Crippen molar-refractivity contribution in [3.8, 4) is 11.1 Å². The molecule has 3 nitrogen and oxygen atoms in total. The van der Waals surface area contributed by atoms with Gasteiger partial charge in [-0.1, -0.05) is 30.3 Å². The number of nitrogens with one attached hydrogen (secondary N) is 1. The summed E-state index contributed by atoms with van der Waals surface area (Å²) < 4.78 is 0. The van der Waals surface area contributed by atoms with E-state index in [1.54, 1.807) is 6.20 Å². The standard InChI is InChI=1S/C11H10N2O/c12-11-6-10(14)9(7-13-11)8-4-2-1-3-5-8/h1-7H,(H3,12,13,14). The summed E-state index contributed by atoms with van der Waals surface area (Å²) in [5, 5.41) is 0. The normalized spacial score (nSPS) is 10.0. The summed E-state index contributed by atoms with van der Waals surface area (Å²) in [6, 6.07) is 10.9. The molecule has 0 radical (unpaired) electrons. The van der Waals surface area contributed by atoms with Gasteiger partial charge in [-0.25, -0.2) is 0 Å². The Bertz CT molecular complexity index is 488. The molecule has 0 unspecified atom stereocenters. The van der Waals surface area contributed by atoms with Gasteiger partial charge >= 0.3 is 0 Å². The predicted molar refractivity (Wildman–Crippen MR) is 56.9 cm³/mol. The average molecular weight is 186 g/mol. The van der Waals surface area contributed by atoms with E-state index in [9.17, 15) is 4.79 Å². The number of benzene rings is 1. The van der Waals surface area contributed by atoms with Crippen LogP contribution in [0.15, 0.2) is 47.4 Å². The second-order valence-electron chi connectivity index (χ2n) is 3.03. The van der Waals surface area contributed by atoms with Crippen LogP contribution in [0.5, 0.6) is 0 Å². The molecule has 0 aliphatic rings. The Hall–Kier alpha value is -2.03. The zero-order valence-corrected chi connectivity index (χ0v) is 7.53. The lowest BCUT2D eigenvalue weighted by Gasteiger charge is -2.00. The number of pyridine rings is 1. The largest absolute Gasteiger partial charge is 0.385 e. The first-order valence-electron chi connectivity index (χ1n) is 4.31. The molecule has 3 heteroatoms. The highest BCUT2D eigenvalue weighted by Gasteiger charge is 2.01. The molecule has 1 heterocycles. The van der Waals surface area contributed by atoms with E-state index in [0.29, 0.717) is 11.4 Å². The van der Waals surface area contributed by atoms with Gasteiger partial charge in [0.25, 0.3) is 0 Å². The van der Waals surface area contributed by atoms with Crippen LogP contribution in [0.2, 0.25) is 0 Å². The molecule has 70 valence electrons. The third-order valence-corrected chi connectivity index (χ3v) is 2.02. The number of aromatic nitrogens is 1. The fourth-order valence-electron chi connectivity index (χ4n) is 1.33. The van der Waals surface area contributed by atoms with Gasteiger partial charge < -0.3 is 10.7 Å². The molecule has 3 N–H and O–H groups in total. The van der Waals surface area contributed by atoms with Crippen molar-refractivity contribution in [2.24, 2.45) is 0 Å². The summed E-state index contributed by atoms with van der Waals surface area (Å²) in [6.45, 7) is 0. The first kappa shape index (κ1) is 8.56. The summed E-state index contributed by atoms with van der Waals surface area (Å²) in [5.74, 6) is 0.384. The molecular weight excluding hydrogens is 176 g/mol. The molecule has 0 aliphatic carbocycles. The number of hydrogen-bond acceptors (Lipinski definition) is 2. The van der Waals surface area contributed by atoms with Crippen LogP contribution in [0.1, 0.15) is 0 Å². The Kier molecular flexibility index (Phi) is 2.07. The van der Waals surface area contributed by atoms with Crippen molar-refractivity contribution >= 4 is 5.82 Å². The summed E-state index contributed by atoms with van der Waals surface area (Å²) in [4.78, 5) is 14.4. The van der Waals surface area contributed by atoms with Gasteiger partial charge in [-0.05, 0) is 5.56 Å². The quantitative estimate of drug-likeness (QED) is 0.711. The minimum atomic E-state index is -0.0625. The molecule has 2 rings (SSSR count). The monoisotopic (exact) mass is 186 g/mol. The van der Waals surface area contributed by atoms with E-state index < -0.39 is 0 Å². The van der Waals surface area contributed by atoms with Crippen molar-refractivity contribution in [1.82, 2.24) is 4.98 Å². The van der Waals surface area contributed by atoms with Crippen LogP contribution < -0.4 is 11.2 Å². The van der Waals surface area contributed by atoms with Crippen molar-refractivity contribution in [1.29, 1.82) is 0 Å². The smallest absolute Gasteiger partial charge is 0.191 e. The summed E-state index contributed by atoms with van der Waals surface area (Å²) >= 11 is 0. The molecule has 14 heavy (non-hydrogen) atoms. The lowest BCUT2D eigenvalue weighted by atomic mass is 10.1. The molecule has 0 saturated heterocycles. The number of nitrogen functional groups attached to an aromatic ring is 1. The predicted octanol–water partition coefficient (Wildman–Crippen LogP) is 1.62. The van der Waals surface area contributed by atoms with Crippen molar-refractivity contribution in [3.63, 3.8) is 0 Å². The number of nitrogens with two attached hydrogens (primary N) is 1. The van der Waals surface area contributed by atoms with Gasteiger partial charge in [0.15, 0.2) is 5.43 Å². The third-order valence-electron chi connectivity index (χ3n) is 2.02. The van der Waals surface area contributed by atoms with E-state index in [1.165, 1.54) is 6.07 Å². The molecule has 0 aliphatic heterocycles. The van der Waals surface area contributed by atoms with Crippen molar-refractivity contribution in [3.05, 3.63) is 52.8 Å². The molecule has 0 saturated carbocycles. The Morgan fingerprint density at radius 1 is 1.14 bits per heavy atom. The number of hydrogen-bond donors (Lipinski definition) is 2. The van der Waals surface area contributed by atoms with Gasteiger partial charge in [0, 0.05) is 17.8 Å². The van der Waals surface area contributed by atoms with E-state index >= 15 is 0 Å². The Labute approximate surface area is 81.2 Å². The zero-order valence-electron chi connectivity index (χ0n) is 7.53. The summed E-state index contributed by atoms with van der Waals surface area (Å²) in [6.07, 6.45) is 1.63. The number of aromatic amines is 1. The highest BCUT2D eigenvalue weighted by atomic mass is 16.1. The van der Waals surface area contributed by atoms with Gasteiger partial charge in [-0.15, -0.1) is 0 Å². The van der Waals surface area contributed by atoms with Crippen LogP contribution in [0.3, 0.4) is 0 Å². The van der Waals surface area contributed by atoms with Crippen LogP contribution in [-0.2, 0) is 0 Å². The number of rotatable bonds is 1. The minimum absolute atomic E-state index is 0.0625. The van der Waals surface area contributed by atoms with Crippen molar-refractivity contribution in [2.45, 2.75) is 0 Å². The molecule has 0 spiro atoms. The van der Waals surface area contributed by atoms with Crippen LogP contribution in [0.4, 0.5) is 5.82 Å². The number of anilines is 1. The summed E-state index contributed by atoms with van der Waals surface area (Å²) in [5.41, 5.74) is 6.92. The van der Waals surface area contributed by atoms with Crippen LogP contribution in [0.25, 0.3) is 11.1 Å². The van der Waals surface area contributed by atoms with Crippen molar-refractivity contribution < 1.29 is 0 Å². The fourth-order valence-corrected chi connectivity index (χ4v) is 1.33. The molecular formula is C11H10N2O. The van der Waals surface area contributed by atoms with Crippen molar-refractivity contribution in [2.75, 3.05) is 5.73 Å². The molecule has 1 aromatic carbocycles. The van der Waals surface area contributed by atoms with Gasteiger partial charge in [0.2, 0.25) is 0 Å². The maximum atomic E-state index is 11.5. The maximum absolute atomic E-state index is 11.5. The average Bonchev–Trinajstić information content (AvgIpc) is 2.19. The van der Waals surface area contributed by atoms with E-state index in [4.69, 9.17) is 5.73 Å². The van der Waals surface area contributed by atoms with Gasteiger partial charge in [0.1, 0.15) is 5.82 Å². The second-order valence-corrected chi connectivity index (χ2v) is 3.03. The van der Waals surface area contributed by atoms with E-state index in [2.05, 4.69) is 4.98 Å². The molecule has 0 fully saturated rings.